The molecule has 8 aromatic heterocycles. The van der Waals surface area contributed by atoms with Gasteiger partial charge in [0.05, 0.1) is 32.6 Å². The molecule has 19 nitrogen and oxygen atoms in total. The standard InChI is InChI=1S/C18H17NO4S.2C18H17NO3S2.C16H14N2O4S/c1-3-21-14-8-5-13(6-9-14)17-19-16(11-24-17)18(20)22-10-15-7-4-12(2)23-15;2*1-3-21-14-7-5-13(6-8-14)17-19-16(11-23-17)18(20)22-10-15-9-4-12(2)24-15;1-2-20-12-5-3-11(4-6-12)15-18-14(9-23-15)16(19)21-8-13-7-17-10-22-13/h3*4-9,11H,3,10H2,1-2H3;3-7,9-10H,2,8H2,1H3. The summed E-state index contributed by atoms with van der Waals surface area (Å²) in [6.45, 7) is 16.9. The third-order valence-electron chi connectivity index (χ3n) is 12.8. The highest BCUT2D eigenvalue weighted by molar-refractivity contribution is 7.14. The fourth-order valence-electron chi connectivity index (χ4n) is 8.29. The van der Waals surface area contributed by atoms with E-state index in [1.54, 1.807) is 50.3 Å². The van der Waals surface area contributed by atoms with Gasteiger partial charge in [0.1, 0.15) is 74.4 Å². The van der Waals surface area contributed by atoms with Gasteiger partial charge in [-0.15, -0.1) is 68.0 Å². The first-order valence-corrected chi connectivity index (χ1v) is 34.8. The maximum Gasteiger partial charge on any atom is 0.358 e. The highest BCUT2D eigenvalue weighted by Gasteiger charge is 2.19. The molecule has 0 atom stereocenters. The molecule has 12 aromatic rings. The number of oxazole rings is 1. The van der Waals surface area contributed by atoms with Crippen molar-refractivity contribution in [2.75, 3.05) is 26.4 Å². The summed E-state index contributed by atoms with van der Waals surface area (Å²) >= 11 is 8.89. The number of furan rings is 1. The van der Waals surface area contributed by atoms with Crippen LogP contribution in [0.5, 0.6) is 23.0 Å². The summed E-state index contributed by atoms with van der Waals surface area (Å²) in [4.78, 5) is 73.9. The summed E-state index contributed by atoms with van der Waals surface area (Å²) < 4.78 is 53.0. The SMILES string of the molecule is CCOc1ccc(-c2nc(C(=O)OCc3ccc(C)o3)cs2)cc1.CCOc1ccc(-c2nc(C(=O)OCc3ccc(C)s3)cs2)cc1.CCOc1ccc(-c2nc(C(=O)OCc3ccc(C)s3)cs2)cc1.CCOc1ccc(-c2nc(C(=O)OCc3cnco3)cs2)cc1. The van der Waals surface area contributed by atoms with Crippen LogP contribution in [-0.2, 0) is 45.4 Å². The lowest BCUT2D eigenvalue weighted by Gasteiger charge is -2.03. The number of benzene rings is 4. The average Bonchev–Trinajstić information content (AvgIpc) is 2.29. The second-order valence-corrected chi connectivity index (χ2v) is 26.0. The zero-order valence-corrected chi connectivity index (χ0v) is 57.6. The van der Waals surface area contributed by atoms with E-state index in [1.807, 2.05) is 176 Å². The molecular formula is C70H65N5O14S6. The van der Waals surface area contributed by atoms with Crippen molar-refractivity contribution in [1.29, 1.82) is 0 Å². The zero-order valence-electron chi connectivity index (χ0n) is 52.7. The Morgan fingerprint density at radius 2 is 0.695 bits per heavy atom. The number of aryl methyl sites for hydroxylation is 3. The molecule has 25 heteroatoms. The molecule has 0 fully saturated rings. The van der Waals surface area contributed by atoms with Crippen molar-refractivity contribution in [2.24, 2.45) is 0 Å². The Labute approximate surface area is 572 Å². The van der Waals surface area contributed by atoms with Gasteiger partial charge >= 0.3 is 23.9 Å². The molecule has 0 bridgehead atoms. The van der Waals surface area contributed by atoms with E-state index in [0.29, 0.717) is 55.0 Å². The molecule has 0 aliphatic carbocycles. The summed E-state index contributed by atoms with van der Waals surface area (Å²) in [6.07, 6.45) is 2.79. The Morgan fingerprint density at radius 1 is 0.379 bits per heavy atom. The number of carbonyl (C=O) groups is 4. The Balaban J connectivity index is 0.000000149. The van der Waals surface area contributed by atoms with Crippen molar-refractivity contribution in [2.45, 2.75) is 74.9 Å². The quantitative estimate of drug-likeness (QED) is 0.0404. The molecule has 490 valence electrons. The lowest BCUT2D eigenvalue weighted by molar-refractivity contribution is 0.0431. The zero-order chi connectivity index (χ0) is 66.9. The van der Waals surface area contributed by atoms with E-state index in [4.69, 9.17) is 46.7 Å². The molecule has 8 heterocycles. The van der Waals surface area contributed by atoms with Crippen LogP contribution in [0.4, 0.5) is 0 Å². The predicted octanol–water partition coefficient (Wildman–Crippen LogP) is 17.9. The topological polar surface area (TPSA) is 233 Å². The summed E-state index contributed by atoms with van der Waals surface area (Å²) in [7, 11) is 0. The van der Waals surface area contributed by atoms with Crippen LogP contribution in [0.25, 0.3) is 42.3 Å². The van der Waals surface area contributed by atoms with E-state index in [0.717, 1.165) is 80.8 Å². The first kappa shape index (κ1) is 69.7. The number of aromatic nitrogens is 5. The maximum absolute atomic E-state index is 12.1. The average molecular weight is 1390 g/mol. The lowest BCUT2D eigenvalue weighted by atomic mass is 10.2. The van der Waals surface area contributed by atoms with Crippen LogP contribution < -0.4 is 18.9 Å². The molecule has 0 N–H and O–H groups in total. The third-order valence-corrected chi connectivity index (χ3v) is 18.3. The lowest BCUT2D eigenvalue weighted by Crippen LogP contribution is -2.05. The van der Waals surface area contributed by atoms with Crippen molar-refractivity contribution in [3.8, 4) is 65.3 Å². The fourth-order valence-corrected chi connectivity index (χ4v) is 13.1. The summed E-state index contributed by atoms with van der Waals surface area (Å²) in [6, 6.07) is 42.1. The number of hydrogen-bond acceptors (Lipinski definition) is 25. The molecule has 0 saturated carbocycles. The van der Waals surface area contributed by atoms with E-state index >= 15 is 0 Å². The second-order valence-electron chi connectivity index (χ2n) is 19.8. The van der Waals surface area contributed by atoms with Gasteiger partial charge in [-0.25, -0.2) is 44.1 Å². The van der Waals surface area contributed by atoms with Gasteiger partial charge in [-0.2, -0.15) is 0 Å². The van der Waals surface area contributed by atoms with E-state index in [-0.39, 0.29) is 32.1 Å². The maximum atomic E-state index is 12.1. The number of ether oxygens (including phenoxy) is 8. The van der Waals surface area contributed by atoms with Gasteiger partial charge in [-0.1, -0.05) is 0 Å². The van der Waals surface area contributed by atoms with Crippen LogP contribution in [0.15, 0.2) is 176 Å². The number of thiazole rings is 4. The Hall–Kier alpha value is -9.63. The largest absolute Gasteiger partial charge is 0.494 e. The van der Waals surface area contributed by atoms with E-state index < -0.39 is 23.9 Å². The smallest absolute Gasteiger partial charge is 0.358 e. The van der Waals surface area contributed by atoms with Crippen LogP contribution in [0.3, 0.4) is 0 Å². The number of hydrogen-bond donors (Lipinski definition) is 0. The molecule has 0 aliphatic heterocycles. The Morgan fingerprint density at radius 3 is 0.958 bits per heavy atom. The van der Waals surface area contributed by atoms with Crippen LogP contribution in [0, 0.1) is 20.8 Å². The van der Waals surface area contributed by atoms with Gasteiger partial charge in [0.25, 0.3) is 0 Å². The van der Waals surface area contributed by atoms with Gasteiger partial charge < -0.3 is 46.7 Å². The van der Waals surface area contributed by atoms with Gasteiger partial charge in [0.15, 0.2) is 41.5 Å². The van der Waals surface area contributed by atoms with Crippen LogP contribution >= 0.6 is 68.0 Å². The molecule has 0 amide bonds. The number of nitrogens with zero attached hydrogens (tertiary/aromatic N) is 5. The first-order valence-electron chi connectivity index (χ1n) is 29.7. The van der Waals surface area contributed by atoms with Gasteiger partial charge in [0, 0.05) is 63.3 Å². The van der Waals surface area contributed by atoms with E-state index in [1.165, 1.54) is 67.7 Å². The molecule has 12 rings (SSSR count). The van der Waals surface area contributed by atoms with Crippen molar-refractivity contribution in [1.82, 2.24) is 24.9 Å². The minimum atomic E-state index is -0.491. The van der Waals surface area contributed by atoms with Gasteiger partial charge in [0.2, 0.25) is 0 Å². The predicted molar refractivity (Wildman–Crippen MR) is 369 cm³/mol. The van der Waals surface area contributed by atoms with Gasteiger partial charge in [-0.05, 0) is 182 Å². The molecule has 0 aliphatic rings. The molecule has 4 aromatic carbocycles. The van der Waals surface area contributed by atoms with Crippen molar-refractivity contribution in [3.05, 3.63) is 227 Å². The highest BCUT2D eigenvalue weighted by Crippen LogP contribution is 2.31. The Kier molecular flexibility index (Phi) is 26.1. The first-order chi connectivity index (χ1) is 46.2. The number of rotatable bonds is 24. The third kappa shape index (κ3) is 21.2. The number of carbonyl (C=O) groups excluding carboxylic acids is 4. The molecular weight excluding hydrogens is 1330 g/mol. The number of thiophene rings is 2. The van der Waals surface area contributed by atoms with Crippen LogP contribution in [0.2, 0.25) is 0 Å². The second kappa shape index (κ2) is 35.6. The fraction of sp³-hybridized carbons (Fsp3) is 0.214. The minimum absolute atomic E-state index is 0.0365. The van der Waals surface area contributed by atoms with E-state index in [9.17, 15) is 19.2 Å². The van der Waals surface area contributed by atoms with Crippen LogP contribution in [0.1, 0.15) is 106 Å². The van der Waals surface area contributed by atoms with E-state index in [2.05, 4.69) is 24.9 Å². The Bertz CT molecular complexity index is 4000. The molecule has 0 spiro atoms. The monoisotopic (exact) mass is 1390 g/mol. The van der Waals surface area contributed by atoms with Gasteiger partial charge in [-0.3, -0.25) is 0 Å². The summed E-state index contributed by atoms with van der Waals surface area (Å²) in [5.41, 5.74) is 5.03. The highest BCUT2D eigenvalue weighted by atomic mass is 32.1. The van der Waals surface area contributed by atoms with Crippen molar-refractivity contribution in [3.63, 3.8) is 0 Å². The molecule has 0 saturated heterocycles. The summed E-state index contributed by atoms with van der Waals surface area (Å²) in [5, 5.41) is 9.92. The molecule has 0 radical (unpaired) electrons. The number of esters is 4. The molecule has 0 unspecified atom stereocenters. The van der Waals surface area contributed by atoms with Crippen LogP contribution in [-0.4, -0.2) is 75.2 Å². The van der Waals surface area contributed by atoms with Crippen molar-refractivity contribution >= 4 is 91.9 Å². The summed E-state index contributed by atoms with van der Waals surface area (Å²) in [5.74, 6) is 3.41. The normalized spacial score (nSPS) is 10.6. The molecule has 95 heavy (non-hydrogen) atoms. The minimum Gasteiger partial charge on any atom is -0.494 e. The van der Waals surface area contributed by atoms with Crippen molar-refractivity contribution < 1.29 is 65.9 Å².